The van der Waals surface area contributed by atoms with Gasteiger partial charge in [-0.1, -0.05) is 5.16 Å². The average molecular weight is 178 g/mol. The van der Waals surface area contributed by atoms with Crippen molar-refractivity contribution in [3.8, 4) is 11.4 Å². The van der Waals surface area contributed by atoms with Crippen molar-refractivity contribution < 1.29 is 8.91 Å². The van der Waals surface area contributed by atoms with E-state index >= 15 is 0 Å². The molecule has 0 fully saturated rings. The van der Waals surface area contributed by atoms with E-state index in [4.69, 9.17) is 4.52 Å². The van der Waals surface area contributed by atoms with E-state index in [2.05, 4.69) is 10.1 Å². The zero-order chi connectivity index (χ0) is 9.26. The zero-order valence-electron chi connectivity index (χ0n) is 6.99. The van der Waals surface area contributed by atoms with Crippen LogP contribution in [0.5, 0.6) is 0 Å². The largest absolute Gasteiger partial charge is 0.339 e. The van der Waals surface area contributed by atoms with Crippen molar-refractivity contribution in [1.82, 2.24) is 10.1 Å². The van der Waals surface area contributed by atoms with Crippen LogP contribution in [0.4, 0.5) is 4.39 Å². The summed E-state index contributed by atoms with van der Waals surface area (Å²) in [6.45, 7) is 1.71. The molecule has 0 N–H and O–H groups in total. The van der Waals surface area contributed by atoms with Crippen LogP contribution in [0.3, 0.4) is 0 Å². The summed E-state index contributed by atoms with van der Waals surface area (Å²) in [6, 6.07) is 5.95. The van der Waals surface area contributed by atoms with E-state index < -0.39 is 0 Å². The van der Waals surface area contributed by atoms with E-state index in [1.165, 1.54) is 12.1 Å². The minimum atomic E-state index is -0.274. The third-order valence-electron chi connectivity index (χ3n) is 1.63. The van der Waals surface area contributed by atoms with E-state index in [0.717, 1.165) is 5.56 Å². The summed E-state index contributed by atoms with van der Waals surface area (Å²) in [5, 5.41) is 3.71. The third kappa shape index (κ3) is 1.56. The number of rotatable bonds is 1. The van der Waals surface area contributed by atoms with Gasteiger partial charge < -0.3 is 4.52 Å². The highest BCUT2D eigenvalue weighted by Crippen LogP contribution is 2.15. The summed E-state index contributed by atoms with van der Waals surface area (Å²) in [7, 11) is 0. The van der Waals surface area contributed by atoms with Gasteiger partial charge in [0.05, 0.1) is 0 Å². The minimum absolute atomic E-state index is 0.274. The summed E-state index contributed by atoms with van der Waals surface area (Å²) >= 11 is 0. The SMILES string of the molecule is Cc1nc(-c2ccc(F)cc2)no1. The molecule has 0 spiro atoms. The predicted octanol–water partition coefficient (Wildman–Crippen LogP) is 2.18. The van der Waals surface area contributed by atoms with Crippen LogP contribution in [0, 0.1) is 12.7 Å². The summed E-state index contributed by atoms with van der Waals surface area (Å²) in [5.41, 5.74) is 0.748. The lowest BCUT2D eigenvalue weighted by atomic mass is 10.2. The Morgan fingerprint density at radius 2 is 1.92 bits per heavy atom. The average Bonchev–Trinajstić information content (AvgIpc) is 2.53. The first-order valence-electron chi connectivity index (χ1n) is 3.82. The molecular formula is C9H7FN2O. The molecule has 0 aliphatic carbocycles. The Bertz CT molecular complexity index is 408. The van der Waals surface area contributed by atoms with Gasteiger partial charge in [0.1, 0.15) is 5.82 Å². The van der Waals surface area contributed by atoms with Crippen LogP contribution < -0.4 is 0 Å². The van der Waals surface area contributed by atoms with Crippen LogP contribution in [0.25, 0.3) is 11.4 Å². The molecule has 0 saturated heterocycles. The van der Waals surface area contributed by atoms with Gasteiger partial charge in [-0.05, 0) is 24.3 Å². The van der Waals surface area contributed by atoms with Crippen molar-refractivity contribution in [1.29, 1.82) is 0 Å². The second kappa shape index (κ2) is 2.97. The van der Waals surface area contributed by atoms with E-state index in [1.807, 2.05) is 0 Å². The summed E-state index contributed by atoms with van der Waals surface area (Å²) < 4.78 is 17.3. The van der Waals surface area contributed by atoms with E-state index in [1.54, 1.807) is 19.1 Å². The second-order valence-electron chi connectivity index (χ2n) is 2.64. The molecule has 1 heterocycles. The number of hydrogen-bond acceptors (Lipinski definition) is 3. The molecule has 1 aromatic carbocycles. The Morgan fingerprint density at radius 3 is 2.46 bits per heavy atom. The van der Waals surface area contributed by atoms with E-state index in [9.17, 15) is 4.39 Å². The molecular weight excluding hydrogens is 171 g/mol. The highest BCUT2D eigenvalue weighted by molar-refractivity contribution is 5.53. The van der Waals surface area contributed by atoms with Crippen LogP contribution in [0.2, 0.25) is 0 Å². The Labute approximate surface area is 74.2 Å². The van der Waals surface area contributed by atoms with Crippen LogP contribution in [-0.2, 0) is 0 Å². The van der Waals surface area contributed by atoms with Gasteiger partial charge in [0.25, 0.3) is 0 Å². The number of halogens is 1. The van der Waals surface area contributed by atoms with Gasteiger partial charge in [-0.15, -0.1) is 0 Å². The first-order chi connectivity index (χ1) is 6.25. The third-order valence-corrected chi connectivity index (χ3v) is 1.63. The molecule has 3 nitrogen and oxygen atoms in total. The molecule has 0 unspecified atom stereocenters. The molecule has 2 aromatic rings. The standard InChI is InChI=1S/C9H7FN2O/c1-6-11-9(12-13-6)7-2-4-8(10)5-3-7/h2-5H,1H3. The van der Waals surface area contributed by atoms with Gasteiger partial charge in [0.15, 0.2) is 0 Å². The Balaban J connectivity index is 2.41. The lowest BCUT2D eigenvalue weighted by Gasteiger charge is -1.91. The van der Waals surface area contributed by atoms with Gasteiger partial charge in [0, 0.05) is 12.5 Å². The van der Waals surface area contributed by atoms with Crippen LogP contribution in [-0.4, -0.2) is 10.1 Å². The van der Waals surface area contributed by atoms with E-state index in [-0.39, 0.29) is 5.82 Å². The maximum atomic E-state index is 12.5. The van der Waals surface area contributed by atoms with Crippen LogP contribution in [0.15, 0.2) is 28.8 Å². The number of aromatic nitrogens is 2. The predicted molar refractivity (Wildman–Crippen MR) is 44.4 cm³/mol. The smallest absolute Gasteiger partial charge is 0.223 e. The van der Waals surface area contributed by atoms with Gasteiger partial charge in [-0.3, -0.25) is 0 Å². The second-order valence-corrected chi connectivity index (χ2v) is 2.64. The van der Waals surface area contributed by atoms with Crippen molar-refractivity contribution in [3.63, 3.8) is 0 Å². The van der Waals surface area contributed by atoms with Crippen LogP contribution in [0.1, 0.15) is 5.89 Å². The fourth-order valence-corrected chi connectivity index (χ4v) is 1.02. The monoisotopic (exact) mass is 178 g/mol. The van der Waals surface area contributed by atoms with Gasteiger partial charge in [0.2, 0.25) is 11.7 Å². The zero-order valence-corrected chi connectivity index (χ0v) is 6.99. The Kier molecular flexibility index (Phi) is 1.81. The summed E-state index contributed by atoms with van der Waals surface area (Å²) in [5.74, 6) is 0.709. The number of aryl methyl sites for hydroxylation is 1. The molecule has 0 amide bonds. The van der Waals surface area contributed by atoms with Gasteiger partial charge in [-0.2, -0.15) is 4.98 Å². The molecule has 2 rings (SSSR count). The van der Waals surface area contributed by atoms with Crippen molar-refractivity contribution in [2.75, 3.05) is 0 Å². The quantitative estimate of drug-likeness (QED) is 0.671. The lowest BCUT2D eigenvalue weighted by molar-refractivity contribution is 0.394. The molecule has 4 heteroatoms. The number of hydrogen-bond donors (Lipinski definition) is 0. The molecule has 0 radical (unpaired) electrons. The fraction of sp³-hybridized carbons (Fsp3) is 0.111. The highest BCUT2D eigenvalue weighted by Gasteiger charge is 2.04. The molecule has 13 heavy (non-hydrogen) atoms. The molecule has 0 atom stereocenters. The Morgan fingerprint density at radius 1 is 1.23 bits per heavy atom. The van der Waals surface area contributed by atoms with Gasteiger partial charge >= 0.3 is 0 Å². The number of nitrogens with zero attached hydrogens (tertiary/aromatic N) is 2. The normalized spacial score (nSPS) is 10.3. The maximum absolute atomic E-state index is 12.5. The lowest BCUT2D eigenvalue weighted by Crippen LogP contribution is -1.80. The van der Waals surface area contributed by atoms with Crippen molar-refractivity contribution >= 4 is 0 Å². The molecule has 66 valence electrons. The molecule has 0 bridgehead atoms. The maximum Gasteiger partial charge on any atom is 0.223 e. The van der Waals surface area contributed by atoms with E-state index in [0.29, 0.717) is 11.7 Å². The molecule has 1 aromatic heterocycles. The fourth-order valence-electron chi connectivity index (χ4n) is 1.02. The first-order valence-corrected chi connectivity index (χ1v) is 3.82. The van der Waals surface area contributed by atoms with Crippen molar-refractivity contribution in [3.05, 3.63) is 36.0 Å². The topological polar surface area (TPSA) is 38.9 Å². The Hall–Kier alpha value is -1.71. The summed E-state index contributed by atoms with van der Waals surface area (Å²) in [6.07, 6.45) is 0. The molecule has 0 aliphatic heterocycles. The number of benzene rings is 1. The van der Waals surface area contributed by atoms with Gasteiger partial charge in [-0.25, -0.2) is 4.39 Å². The molecule has 0 saturated carbocycles. The minimum Gasteiger partial charge on any atom is -0.339 e. The molecule has 0 aliphatic rings. The highest BCUT2D eigenvalue weighted by atomic mass is 19.1. The van der Waals surface area contributed by atoms with Crippen molar-refractivity contribution in [2.45, 2.75) is 6.92 Å². The van der Waals surface area contributed by atoms with Crippen molar-refractivity contribution in [2.24, 2.45) is 0 Å². The van der Waals surface area contributed by atoms with Crippen LogP contribution >= 0.6 is 0 Å². The summed E-state index contributed by atoms with van der Waals surface area (Å²) in [4.78, 5) is 4.01. The first kappa shape index (κ1) is 7.91.